The normalized spacial score (nSPS) is 11.9. The number of rotatable bonds is 9. The lowest BCUT2D eigenvalue weighted by molar-refractivity contribution is 0.582. The average Bonchev–Trinajstić information content (AvgIpc) is 3.60. The second kappa shape index (κ2) is 11.6. The molecule has 8 nitrogen and oxygen atoms in total. The van der Waals surface area contributed by atoms with Gasteiger partial charge >= 0.3 is 5.69 Å². The number of aryl methyl sites for hydroxylation is 1. The van der Waals surface area contributed by atoms with Crippen LogP contribution >= 0.6 is 0 Å². The van der Waals surface area contributed by atoms with E-state index in [2.05, 4.69) is 116 Å². The van der Waals surface area contributed by atoms with Gasteiger partial charge in [0.2, 0.25) is 5.82 Å². The van der Waals surface area contributed by atoms with E-state index in [1.54, 1.807) is 6.20 Å². The van der Waals surface area contributed by atoms with E-state index in [4.69, 9.17) is 0 Å². The zero-order valence-electron chi connectivity index (χ0n) is 24.8. The topological polar surface area (TPSA) is 94.3 Å². The molecule has 0 aliphatic carbocycles. The fourth-order valence-corrected chi connectivity index (χ4v) is 5.38. The van der Waals surface area contributed by atoms with Gasteiger partial charge in [0.25, 0.3) is 0 Å². The Bertz CT molecular complexity index is 1670. The molecule has 0 spiro atoms. The molecule has 0 amide bonds. The first-order valence-electron chi connectivity index (χ1n) is 14.4. The van der Waals surface area contributed by atoms with E-state index < -0.39 is 0 Å². The Morgan fingerprint density at radius 1 is 1.00 bits per heavy atom. The molecule has 0 aliphatic rings. The van der Waals surface area contributed by atoms with E-state index in [-0.39, 0.29) is 11.1 Å². The van der Waals surface area contributed by atoms with Gasteiger partial charge < -0.3 is 0 Å². The van der Waals surface area contributed by atoms with Gasteiger partial charge in [-0.15, -0.1) is 10.2 Å². The molecule has 3 aromatic heterocycles. The van der Waals surface area contributed by atoms with Crippen molar-refractivity contribution in [2.75, 3.05) is 0 Å². The highest BCUT2D eigenvalue weighted by Crippen LogP contribution is 2.34. The number of para-hydroxylation sites is 1. The Morgan fingerprint density at radius 2 is 1.78 bits per heavy atom. The number of nitrogens with zero attached hydrogens (tertiary/aromatic N) is 6. The van der Waals surface area contributed by atoms with Gasteiger partial charge in [-0.2, -0.15) is 5.21 Å². The lowest BCUT2D eigenvalue weighted by Gasteiger charge is -2.26. The molecule has 212 valence electrons. The van der Waals surface area contributed by atoms with Crippen LogP contribution in [0.3, 0.4) is 0 Å². The van der Waals surface area contributed by atoms with E-state index in [1.165, 1.54) is 11.1 Å². The van der Waals surface area contributed by atoms with Crippen molar-refractivity contribution >= 4 is 0 Å². The first-order valence-corrected chi connectivity index (χ1v) is 14.4. The third kappa shape index (κ3) is 5.78. The number of tetrazole rings is 1. The highest BCUT2D eigenvalue weighted by Gasteiger charge is 2.25. The Balaban J connectivity index is 1.55. The summed E-state index contributed by atoms with van der Waals surface area (Å²) in [6.07, 6.45) is 8.57. The van der Waals surface area contributed by atoms with Crippen LogP contribution in [0, 0.1) is 0 Å². The molecule has 0 radical (unpaired) electrons. The molecule has 1 N–H and O–H groups in total. The van der Waals surface area contributed by atoms with Crippen molar-refractivity contribution < 1.29 is 0 Å². The molecule has 0 bridgehead atoms. The van der Waals surface area contributed by atoms with Gasteiger partial charge in [-0.1, -0.05) is 90.4 Å². The SMILES string of the molecule is CCCCc1cn(-c2c(C(C)C)cccc2C(C)(C)C)c(=O)n1Cc1ccc(-c2cnccc2-c2nn[nH]n2)cc1. The van der Waals surface area contributed by atoms with Crippen molar-refractivity contribution in [3.63, 3.8) is 0 Å². The lowest BCUT2D eigenvalue weighted by Crippen LogP contribution is -2.27. The summed E-state index contributed by atoms with van der Waals surface area (Å²) >= 11 is 0. The summed E-state index contributed by atoms with van der Waals surface area (Å²) in [4.78, 5) is 18.5. The molecule has 0 unspecified atom stereocenters. The summed E-state index contributed by atoms with van der Waals surface area (Å²) in [5.74, 6) is 0.815. The van der Waals surface area contributed by atoms with Crippen LogP contribution in [0.2, 0.25) is 0 Å². The summed E-state index contributed by atoms with van der Waals surface area (Å²) < 4.78 is 3.85. The van der Waals surface area contributed by atoms with E-state index in [0.717, 1.165) is 52.9 Å². The minimum absolute atomic E-state index is 0.00503. The number of hydrogen-bond donors (Lipinski definition) is 1. The Labute approximate surface area is 241 Å². The van der Waals surface area contributed by atoms with Gasteiger partial charge in [-0.3, -0.25) is 14.1 Å². The summed E-state index contributed by atoms with van der Waals surface area (Å²) in [6, 6.07) is 16.6. The van der Waals surface area contributed by atoms with Gasteiger partial charge in [0, 0.05) is 35.4 Å². The number of benzene rings is 2. The van der Waals surface area contributed by atoms with Crippen LogP contribution in [0.5, 0.6) is 0 Å². The van der Waals surface area contributed by atoms with E-state index in [9.17, 15) is 4.79 Å². The summed E-state index contributed by atoms with van der Waals surface area (Å²) in [6.45, 7) is 13.7. The molecule has 0 saturated heterocycles. The predicted molar refractivity (Wildman–Crippen MR) is 163 cm³/mol. The van der Waals surface area contributed by atoms with Crippen LogP contribution in [0.1, 0.15) is 82.7 Å². The number of aromatic nitrogens is 7. The highest BCUT2D eigenvalue weighted by molar-refractivity contribution is 5.79. The number of unbranched alkanes of at least 4 members (excludes halogenated alkanes) is 1. The molecule has 0 aliphatic heterocycles. The first kappa shape index (κ1) is 28.2. The number of pyridine rings is 1. The maximum Gasteiger partial charge on any atom is 0.333 e. The largest absolute Gasteiger partial charge is 0.333 e. The molecule has 3 heterocycles. The third-order valence-corrected chi connectivity index (χ3v) is 7.60. The number of nitrogens with one attached hydrogen (secondary N) is 1. The summed E-state index contributed by atoms with van der Waals surface area (Å²) in [5, 5.41) is 14.5. The van der Waals surface area contributed by atoms with Crippen molar-refractivity contribution in [2.45, 2.75) is 78.7 Å². The second-order valence-electron chi connectivity index (χ2n) is 12.0. The molecular formula is C33H39N7O. The smallest absolute Gasteiger partial charge is 0.292 e. The number of imidazole rings is 1. The van der Waals surface area contributed by atoms with Crippen LogP contribution in [-0.2, 0) is 18.4 Å². The standard InChI is InChI=1S/C33H39N7O/c1-7-8-10-25-21-40(30-26(22(2)3)11-9-12-29(30)33(4,5)6)32(41)39(25)20-23-13-15-24(16-14-23)28-19-34-18-17-27(28)31-35-37-38-36-31/h9,11-19,21-22H,7-8,10,20H2,1-6H3,(H,35,36,37,38). The minimum Gasteiger partial charge on any atom is -0.292 e. The molecule has 5 rings (SSSR count). The van der Waals surface area contributed by atoms with Crippen LogP contribution in [0.4, 0.5) is 0 Å². The van der Waals surface area contributed by atoms with Crippen LogP contribution in [0.15, 0.2) is 71.9 Å². The molecule has 41 heavy (non-hydrogen) atoms. The predicted octanol–water partition coefficient (Wildman–Crippen LogP) is 6.69. The molecular weight excluding hydrogens is 510 g/mol. The molecule has 8 heteroatoms. The van der Waals surface area contributed by atoms with Crippen molar-refractivity contribution in [1.82, 2.24) is 34.7 Å². The Hall–Kier alpha value is -4.33. The van der Waals surface area contributed by atoms with Crippen LogP contribution in [-0.4, -0.2) is 34.7 Å². The second-order valence-corrected chi connectivity index (χ2v) is 12.0. The molecule has 5 aromatic rings. The van der Waals surface area contributed by atoms with Gasteiger partial charge in [0.1, 0.15) is 0 Å². The lowest BCUT2D eigenvalue weighted by atomic mass is 9.83. The van der Waals surface area contributed by atoms with Gasteiger partial charge in [0.15, 0.2) is 0 Å². The number of hydrogen-bond acceptors (Lipinski definition) is 5. The average molecular weight is 550 g/mol. The van der Waals surface area contributed by atoms with Crippen molar-refractivity contribution in [1.29, 1.82) is 0 Å². The maximum absolute atomic E-state index is 14.2. The fourth-order valence-electron chi connectivity index (χ4n) is 5.38. The fraction of sp³-hybridized carbons (Fsp3) is 0.364. The number of H-pyrrole nitrogens is 1. The molecule has 0 saturated carbocycles. The molecule has 2 aromatic carbocycles. The van der Waals surface area contributed by atoms with Gasteiger partial charge in [-0.25, -0.2) is 4.79 Å². The van der Waals surface area contributed by atoms with Gasteiger partial charge in [-0.05, 0) is 57.7 Å². The third-order valence-electron chi connectivity index (χ3n) is 7.60. The van der Waals surface area contributed by atoms with Gasteiger partial charge in [0.05, 0.1) is 12.2 Å². The van der Waals surface area contributed by atoms with Crippen LogP contribution < -0.4 is 5.69 Å². The zero-order valence-corrected chi connectivity index (χ0v) is 24.8. The van der Waals surface area contributed by atoms with E-state index in [1.807, 2.05) is 21.4 Å². The van der Waals surface area contributed by atoms with Crippen molar-refractivity contribution in [3.05, 3.63) is 100.0 Å². The van der Waals surface area contributed by atoms with E-state index >= 15 is 0 Å². The molecule has 0 atom stereocenters. The van der Waals surface area contributed by atoms with Crippen molar-refractivity contribution in [2.24, 2.45) is 0 Å². The van der Waals surface area contributed by atoms with Crippen LogP contribution in [0.25, 0.3) is 28.2 Å². The Kier molecular flexibility index (Phi) is 8.01. The number of aromatic amines is 1. The zero-order chi connectivity index (χ0) is 29.1. The minimum atomic E-state index is -0.103. The first-order chi connectivity index (χ1) is 19.7. The molecule has 0 fully saturated rings. The monoisotopic (exact) mass is 549 g/mol. The van der Waals surface area contributed by atoms with Crippen molar-refractivity contribution in [3.8, 4) is 28.2 Å². The highest BCUT2D eigenvalue weighted by atomic mass is 16.1. The van der Waals surface area contributed by atoms with E-state index in [0.29, 0.717) is 18.3 Å². The Morgan fingerprint density at radius 3 is 2.44 bits per heavy atom. The summed E-state index contributed by atoms with van der Waals surface area (Å²) in [5.41, 5.74) is 8.20. The summed E-state index contributed by atoms with van der Waals surface area (Å²) in [7, 11) is 0. The maximum atomic E-state index is 14.2. The quantitative estimate of drug-likeness (QED) is 0.221.